The van der Waals surface area contributed by atoms with Crippen molar-refractivity contribution in [1.82, 2.24) is 20.4 Å². The number of thioether (sulfide) groups is 2. The average molecular weight is 274 g/mol. The summed E-state index contributed by atoms with van der Waals surface area (Å²) < 4.78 is 7.25. The van der Waals surface area contributed by atoms with Gasteiger partial charge in [0.25, 0.3) is 0 Å². The lowest BCUT2D eigenvalue weighted by atomic mass is 10.5. The van der Waals surface area contributed by atoms with Gasteiger partial charge in [-0.1, -0.05) is 34.9 Å². The number of rotatable bonds is 4. The van der Waals surface area contributed by atoms with E-state index in [1.807, 2.05) is 13.2 Å². The zero-order chi connectivity index (χ0) is 11.5. The Kier molecular flexibility index (Phi) is 3.82. The molecule has 0 fully saturated rings. The van der Waals surface area contributed by atoms with Crippen LogP contribution in [0.5, 0.6) is 0 Å². The lowest BCUT2D eigenvalue weighted by Gasteiger charge is -2.01. The van der Waals surface area contributed by atoms with E-state index in [0.29, 0.717) is 11.8 Å². The molecule has 0 aliphatic rings. The van der Waals surface area contributed by atoms with Crippen LogP contribution in [-0.4, -0.2) is 26.7 Å². The summed E-state index contributed by atoms with van der Waals surface area (Å²) in [6.45, 7) is 3.79. The van der Waals surface area contributed by atoms with Gasteiger partial charge in [0.15, 0.2) is 8.68 Å². The normalized spacial score (nSPS) is 12.9. The van der Waals surface area contributed by atoms with Gasteiger partial charge >= 0.3 is 0 Å². The Hall–Kier alpha value is -0.600. The van der Waals surface area contributed by atoms with Gasteiger partial charge in [0, 0.05) is 6.92 Å². The van der Waals surface area contributed by atoms with Crippen molar-refractivity contribution in [3.05, 3.63) is 11.8 Å². The maximum atomic E-state index is 5.36. The summed E-state index contributed by atoms with van der Waals surface area (Å²) in [5.41, 5.74) is 0. The fraction of sp³-hybridized carbons (Fsp3) is 0.500. The van der Waals surface area contributed by atoms with Gasteiger partial charge in [0.2, 0.25) is 11.8 Å². The highest BCUT2D eigenvalue weighted by Crippen LogP contribution is 2.37. The number of hydrogen-bond acceptors (Lipinski definition) is 8. The van der Waals surface area contributed by atoms with Crippen molar-refractivity contribution in [3.8, 4) is 0 Å². The Balaban J connectivity index is 2.04. The van der Waals surface area contributed by atoms with Crippen molar-refractivity contribution in [2.45, 2.75) is 27.8 Å². The van der Waals surface area contributed by atoms with Crippen LogP contribution in [-0.2, 0) is 0 Å². The molecule has 8 heteroatoms. The molecule has 0 unspecified atom stereocenters. The molecule has 0 aliphatic carbocycles. The molecule has 0 amide bonds. The molecule has 86 valence electrons. The lowest BCUT2D eigenvalue weighted by molar-refractivity contribution is 0.470. The van der Waals surface area contributed by atoms with Gasteiger partial charge in [-0.2, -0.15) is 0 Å². The third-order valence-corrected chi connectivity index (χ3v) is 4.80. The van der Waals surface area contributed by atoms with E-state index >= 15 is 0 Å². The Morgan fingerprint density at radius 2 is 1.94 bits per heavy atom. The minimum atomic E-state index is 0.101. The molecule has 2 aromatic rings. The van der Waals surface area contributed by atoms with Crippen LogP contribution < -0.4 is 0 Å². The maximum Gasteiger partial charge on any atom is 0.229 e. The van der Waals surface area contributed by atoms with Crippen molar-refractivity contribution >= 4 is 34.9 Å². The smallest absolute Gasteiger partial charge is 0.229 e. The van der Waals surface area contributed by atoms with E-state index in [2.05, 4.69) is 20.4 Å². The minimum absolute atomic E-state index is 0.101. The van der Waals surface area contributed by atoms with Gasteiger partial charge < -0.3 is 4.42 Å². The highest BCUT2D eigenvalue weighted by molar-refractivity contribution is 8.03. The van der Waals surface area contributed by atoms with Gasteiger partial charge in [-0.3, -0.25) is 0 Å². The molecule has 16 heavy (non-hydrogen) atoms. The molecule has 2 rings (SSSR count). The quantitative estimate of drug-likeness (QED) is 0.794. The van der Waals surface area contributed by atoms with Crippen molar-refractivity contribution in [3.63, 3.8) is 0 Å². The standard InChI is InChI=1S/C8H10N4OS3/c1-4(6-10-9-5(2)13-6)15-8-12-11-7(14-3)16-8/h4H,1-3H3/t4-/m0/s1. The molecule has 0 spiro atoms. The zero-order valence-corrected chi connectivity index (χ0v) is 11.4. The third kappa shape index (κ3) is 2.74. The molecule has 1 atom stereocenters. The van der Waals surface area contributed by atoms with Crippen LogP contribution in [0.1, 0.15) is 24.0 Å². The first-order valence-corrected chi connectivity index (χ1v) is 7.45. The van der Waals surface area contributed by atoms with Crippen LogP contribution in [0, 0.1) is 6.92 Å². The second-order valence-corrected chi connectivity index (χ2v) is 6.58. The van der Waals surface area contributed by atoms with Gasteiger partial charge in [0.05, 0.1) is 5.25 Å². The molecule has 2 heterocycles. The molecular formula is C8H10N4OS3. The second kappa shape index (κ2) is 5.15. The largest absolute Gasteiger partial charge is 0.424 e. The average Bonchev–Trinajstić information content (AvgIpc) is 2.87. The highest BCUT2D eigenvalue weighted by Gasteiger charge is 2.16. The highest BCUT2D eigenvalue weighted by atomic mass is 32.2. The topological polar surface area (TPSA) is 64.7 Å². The summed E-state index contributed by atoms with van der Waals surface area (Å²) in [5.74, 6) is 1.22. The Morgan fingerprint density at radius 3 is 2.50 bits per heavy atom. The molecule has 2 aromatic heterocycles. The zero-order valence-electron chi connectivity index (χ0n) is 9.00. The number of nitrogens with zero attached hydrogens (tertiary/aromatic N) is 4. The summed E-state index contributed by atoms with van der Waals surface area (Å²) >= 11 is 4.75. The van der Waals surface area contributed by atoms with Crippen LogP contribution in [0.4, 0.5) is 0 Å². The summed E-state index contributed by atoms with van der Waals surface area (Å²) in [6.07, 6.45) is 1.99. The summed E-state index contributed by atoms with van der Waals surface area (Å²) in [7, 11) is 0. The summed E-state index contributed by atoms with van der Waals surface area (Å²) in [6, 6.07) is 0. The van der Waals surface area contributed by atoms with Gasteiger partial charge in [-0.15, -0.1) is 20.4 Å². The monoisotopic (exact) mass is 274 g/mol. The second-order valence-electron chi connectivity index (χ2n) is 2.96. The summed E-state index contributed by atoms with van der Waals surface area (Å²) in [5, 5.41) is 16.0. The van der Waals surface area contributed by atoms with E-state index in [-0.39, 0.29) is 5.25 Å². The number of hydrogen-bond donors (Lipinski definition) is 0. The van der Waals surface area contributed by atoms with Crippen LogP contribution >= 0.6 is 34.9 Å². The van der Waals surface area contributed by atoms with Crippen molar-refractivity contribution in [2.24, 2.45) is 0 Å². The Labute approximate surface area is 105 Å². The van der Waals surface area contributed by atoms with Crippen LogP contribution in [0.3, 0.4) is 0 Å². The Morgan fingerprint density at radius 1 is 1.19 bits per heavy atom. The van der Waals surface area contributed by atoms with Crippen molar-refractivity contribution < 1.29 is 4.42 Å². The van der Waals surface area contributed by atoms with Crippen LogP contribution in [0.2, 0.25) is 0 Å². The minimum Gasteiger partial charge on any atom is -0.424 e. The molecular weight excluding hydrogens is 264 g/mol. The van der Waals surface area contributed by atoms with Crippen LogP contribution in [0.15, 0.2) is 13.1 Å². The first-order valence-electron chi connectivity index (χ1n) is 4.53. The third-order valence-electron chi connectivity index (χ3n) is 1.73. The van der Waals surface area contributed by atoms with Crippen molar-refractivity contribution in [2.75, 3.05) is 6.26 Å². The van der Waals surface area contributed by atoms with E-state index < -0.39 is 0 Å². The first-order chi connectivity index (χ1) is 7.69. The lowest BCUT2D eigenvalue weighted by Crippen LogP contribution is -1.88. The fourth-order valence-electron chi connectivity index (χ4n) is 1.01. The number of aryl methyl sites for hydroxylation is 1. The molecule has 0 N–H and O–H groups in total. The first kappa shape index (κ1) is 11.9. The van der Waals surface area contributed by atoms with Gasteiger partial charge in [0.1, 0.15) is 0 Å². The fourth-order valence-corrected chi connectivity index (χ4v) is 3.62. The maximum absolute atomic E-state index is 5.36. The Bertz CT molecular complexity index is 469. The van der Waals surface area contributed by atoms with E-state index in [1.165, 1.54) is 0 Å². The summed E-state index contributed by atoms with van der Waals surface area (Å²) in [4.78, 5) is 0. The van der Waals surface area contributed by atoms with Gasteiger partial charge in [-0.05, 0) is 13.2 Å². The molecule has 0 saturated heterocycles. The predicted octanol–water partition coefficient (Wildman–Crippen LogP) is 2.80. The number of aromatic nitrogens is 4. The van der Waals surface area contributed by atoms with Crippen molar-refractivity contribution in [1.29, 1.82) is 0 Å². The predicted molar refractivity (Wildman–Crippen MR) is 65.0 cm³/mol. The molecule has 0 aliphatic heterocycles. The van der Waals surface area contributed by atoms with E-state index in [0.717, 1.165) is 8.68 Å². The van der Waals surface area contributed by atoms with E-state index in [1.54, 1.807) is 41.8 Å². The van der Waals surface area contributed by atoms with Gasteiger partial charge in [-0.25, -0.2) is 0 Å². The molecule has 0 radical (unpaired) electrons. The molecule has 0 bridgehead atoms. The SMILES string of the molecule is CSc1nnc(S[C@@H](C)c2nnc(C)o2)s1. The van der Waals surface area contributed by atoms with E-state index in [4.69, 9.17) is 4.42 Å². The molecule has 0 saturated carbocycles. The van der Waals surface area contributed by atoms with Crippen LogP contribution in [0.25, 0.3) is 0 Å². The molecule has 0 aromatic carbocycles. The molecule has 5 nitrogen and oxygen atoms in total. The van der Waals surface area contributed by atoms with E-state index in [9.17, 15) is 0 Å².